The largest absolute Gasteiger partial charge is 0.497 e. The van der Waals surface area contributed by atoms with E-state index in [4.69, 9.17) is 104 Å². The maximum absolute atomic E-state index is 13.6. The number of morpholine rings is 1. The smallest absolute Gasteiger partial charge is 0.416 e. The highest BCUT2D eigenvalue weighted by molar-refractivity contribution is 6.32. The molecule has 0 aliphatic carbocycles. The summed E-state index contributed by atoms with van der Waals surface area (Å²) >= 11 is 25.2. The number of rotatable bonds is 29. The number of aromatic nitrogens is 4. The fourth-order valence-electron chi connectivity index (χ4n) is 20.6. The van der Waals surface area contributed by atoms with Crippen LogP contribution in [0.4, 0.5) is 19.2 Å². The molecule has 790 valence electrons. The number of benzene rings is 9. The van der Waals surface area contributed by atoms with Crippen LogP contribution in [0.25, 0.3) is 43.6 Å². The molecule has 6 unspecified atom stereocenters. The Morgan fingerprint density at radius 1 is 0.460 bits per heavy atom. The second kappa shape index (κ2) is 51.4. The molecule has 7 aliphatic heterocycles. The first-order valence-electron chi connectivity index (χ1n) is 51.1. The molecule has 0 saturated carbocycles. The number of nitrogens with zero attached hydrogens (tertiary/aromatic N) is 8. The van der Waals surface area contributed by atoms with Gasteiger partial charge < -0.3 is 98.0 Å². The molecule has 0 bridgehead atoms. The van der Waals surface area contributed by atoms with Crippen LogP contribution >= 0.6 is 46.4 Å². The van der Waals surface area contributed by atoms with Gasteiger partial charge in [0, 0.05) is 191 Å². The Bertz CT molecular complexity index is 6880. The predicted octanol–water partition coefficient (Wildman–Crippen LogP) is 18.3. The second-order valence-electron chi connectivity index (χ2n) is 37.6. The molecule has 20 rings (SSSR count). The first-order chi connectivity index (χ1) is 73.0. The van der Waals surface area contributed by atoms with Gasteiger partial charge in [0.25, 0.3) is 11.8 Å². The Labute approximate surface area is 892 Å². The lowest BCUT2D eigenvalue weighted by Gasteiger charge is -2.35. The molecule has 3 saturated heterocycles. The van der Waals surface area contributed by atoms with Crippen LogP contribution in [0.5, 0.6) is 34.5 Å². The fourth-order valence-corrected chi connectivity index (χ4v) is 21.3. The molecular weight excluding hydrogens is 2000 g/mol. The lowest BCUT2D eigenvalue weighted by Crippen LogP contribution is -2.50. The average molecular weight is 2120 g/mol. The summed E-state index contributed by atoms with van der Waals surface area (Å²) in [4.78, 5) is 107. The van der Waals surface area contributed by atoms with Gasteiger partial charge in [0.2, 0.25) is 0 Å². The van der Waals surface area contributed by atoms with Crippen molar-refractivity contribution in [3.63, 3.8) is 0 Å². The zero-order valence-electron chi connectivity index (χ0n) is 85.1. The summed E-state index contributed by atoms with van der Waals surface area (Å²) in [6, 6.07) is 60.0. The maximum atomic E-state index is 13.6. The van der Waals surface area contributed by atoms with E-state index in [0.717, 1.165) is 170 Å². The third-order valence-corrected chi connectivity index (χ3v) is 29.3. The molecule has 6 atom stereocenters. The standard InChI is InChI=1S/C32H34ClN3O4.C29H35ClN4O5.C28H33ClN4O5.C25H26ClN3O4/c1-35-17-3-4-23(35)16-19-39-25-8-5-21(6-9-25)31-30-27(28-20-22(33)7-14-29(28)34-30)15-18-36(31)32(37)40-26-12-10-24(38-2)11-13-26;1-3-38-29(36)34-11-10-23-24-18-21(30)6-9-25(24)31-27(23)28(34)20-4-7-22(8-5-20)39-19-26(35)33-14-12-32(13-15-33)16-17-37-2;1-2-37-28(35)33-11-9-22-23-17-20(29)5-8-24(23)31-26(22)27(33)19-3-6-21(7-4-19)38-18-25(34)30-10-12-32-13-15-36-16-14-32;1-2-3-12-32-25(31)29-11-10-20-21-13-17(26)6-9-22(21)28-23(20)24(29)16-4-7-19(8-5-16)33-15-18(30)14-27/h5-14,20,23,31,34H,3-4,15-19H2,1-2H3;4-9,18,28,31H,3,10-17,19H2,1-2H3;3-8,17,27,31H,2,9-16,18H2,1H3,(H,30,34);4-9,13,18,24,28,30H,10-12,14-15,27H2,1H3. The van der Waals surface area contributed by atoms with Gasteiger partial charge in [0.15, 0.2) is 19.8 Å². The van der Waals surface area contributed by atoms with Crippen molar-refractivity contribution in [2.45, 2.75) is 102 Å². The molecule has 13 aromatic rings. The number of carbonyl (C=O) groups excluding carboxylic acids is 6. The van der Waals surface area contributed by atoms with Gasteiger partial charge in [0.05, 0.1) is 46.8 Å². The maximum Gasteiger partial charge on any atom is 0.416 e. The van der Waals surface area contributed by atoms with Gasteiger partial charge in [-0.15, -0.1) is 5.92 Å². The zero-order valence-corrected chi connectivity index (χ0v) is 88.1. The Kier molecular flexibility index (Phi) is 37.0. The number of halogens is 4. The Morgan fingerprint density at radius 3 is 1.25 bits per heavy atom. The third-order valence-electron chi connectivity index (χ3n) is 28.4. The van der Waals surface area contributed by atoms with E-state index >= 15 is 0 Å². The molecule has 150 heavy (non-hydrogen) atoms. The van der Waals surface area contributed by atoms with Crippen LogP contribution in [0.2, 0.25) is 20.1 Å². The van der Waals surface area contributed by atoms with E-state index in [1.54, 1.807) is 71.9 Å². The number of hydrogen-bond donors (Lipinski definition) is 7. The van der Waals surface area contributed by atoms with Gasteiger partial charge in [-0.1, -0.05) is 101 Å². The topological polar surface area (TPSA) is 351 Å². The highest BCUT2D eigenvalue weighted by Crippen LogP contribution is 2.46. The minimum absolute atomic E-state index is 0.0112. The van der Waals surface area contributed by atoms with Crippen molar-refractivity contribution in [3.05, 3.63) is 281 Å². The van der Waals surface area contributed by atoms with Gasteiger partial charge in [-0.25, -0.2) is 19.2 Å². The summed E-state index contributed by atoms with van der Waals surface area (Å²) in [6.07, 6.45) is 4.05. The third kappa shape index (κ3) is 26.2. The molecule has 3 fully saturated rings. The van der Waals surface area contributed by atoms with Gasteiger partial charge in [-0.2, -0.15) is 0 Å². The molecule has 0 radical (unpaired) electrons. The minimum atomic E-state index is -0.722. The van der Waals surface area contributed by atoms with Crippen LogP contribution in [-0.4, -0.2) is 298 Å². The van der Waals surface area contributed by atoms with Crippen LogP contribution < -0.4 is 39.5 Å². The number of ether oxygens (including phenoxy) is 11. The van der Waals surface area contributed by atoms with Gasteiger partial charge in [-0.3, -0.25) is 39.0 Å². The summed E-state index contributed by atoms with van der Waals surface area (Å²) in [6.45, 7) is 19.3. The number of aromatic amines is 4. The predicted molar refractivity (Wildman–Crippen MR) is 578 cm³/mol. The number of aliphatic hydroxyl groups excluding tert-OH is 1. The molecule has 7 aliphatic rings. The van der Waals surface area contributed by atoms with Gasteiger partial charge >= 0.3 is 24.4 Å². The second-order valence-corrected chi connectivity index (χ2v) is 39.4. The van der Waals surface area contributed by atoms with Crippen LogP contribution in [-0.2, 0) is 59.0 Å². The summed E-state index contributed by atoms with van der Waals surface area (Å²) in [7, 11) is 5.49. The van der Waals surface area contributed by atoms with Crippen molar-refractivity contribution in [1.29, 1.82) is 0 Å². The van der Waals surface area contributed by atoms with E-state index in [0.29, 0.717) is 153 Å². The summed E-state index contributed by atoms with van der Waals surface area (Å²) in [5, 5.41) is 19.5. The molecule has 32 nitrogen and oxygen atoms in total. The van der Waals surface area contributed by atoms with Crippen LogP contribution in [0, 0.1) is 11.8 Å². The monoisotopic (exact) mass is 2120 g/mol. The summed E-state index contributed by atoms with van der Waals surface area (Å²) in [5.41, 5.74) is 21.5. The first-order valence-corrected chi connectivity index (χ1v) is 52.6. The van der Waals surface area contributed by atoms with Crippen molar-refractivity contribution >= 4 is 126 Å². The van der Waals surface area contributed by atoms with Crippen molar-refractivity contribution in [2.24, 2.45) is 5.73 Å². The normalized spacial score (nSPS) is 17.7. The number of nitrogens with one attached hydrogen (secondary N) is 5. The first kappa shape index (κ1) is 108. The lowest BCUT2D eigenvalue weighted by molar-refractivity contribution is -0.135. The Hall–Kier alpha value is -13.4. The van der Waals surface area contributed by atoms with Crippen molar-refractivity contribution in [3.8, 4) is 46.3 Å². The quantitative estimate of drug-likeness (QED) is 0.0169. The number of H-pyrrole nitrogens is 4. The van der Waals surface area contributed by atoms with Crippen LogP contribution in [0.15, 0.2) is 194 Å². The molecule has 36 heteroatoms. The summed E-state index contributed by atoms with van der Waals surface area (Å²) < 4.78 is 61.0. The van der Waals surface area contributed by atoms with E-state index in [9.17, 15) is 33.9 Å². The molecule has 9 aromatic carbocycles. The number of likely N-dealkylation sites (tertiary alicyclic amines) is 1. The molecule has 4 aromatic heterocycles. The number of piperazine rings is 1. The number of methoxy groups -OCH3 is 2. The number of nitrogens with two attached hydrogens (primary N) is 1. The highest BCUT2D eigenvalue weighted by Gasteiger charge is 2.42. The average Bonchev–Trinajstić information content (AvgIpc) is 1.61. The molecule has 0 spiro atoms. The van der Waals surface area contributed by atoms with Crippen LogP contribution in [0.3, 0.4) is 0 Å². The zero-order chi connectivity index (χ0) is 105. The van der Waals surface area contributed by atoms with Crippen molar-refractivity contribution in [1.82, 2.24) is 64.5 Å². The SMILES string of the molecule is CC#CCOC(=O)N1CCc2c([nH]c3ccc(Cl)cc23)C1c1ccc(OCC(O)CN)cc1.CCOC(=O)N1CCc2c([nH]c3ccc(Cl)cc23)C1c1ccc(OCC(=O)N2CCN(CCOC)CC2)cc1.CCOC(=O)N1CCc2c([nH]c3ccc(Cl)cc23)C1c1ccc(OCC(=O)NCCN2CCOCC2)cc1.COc1ccc(OC(=O)N2CCc3c([nH]c4ccc(Cl)cc34)C2c2ccc(OCCC3CCCN3C)cc2)cc1. The van der Waals surface area contributed by atoms with Gasteiger partial charge in [0.1, 0.15) is 71.4 Å². The number of aliphatic hydroxyl groups is 1. The van der Waals surface area contributed by atoms with E-state index in [1.807, 2.05) is 182 Å². The Morgan fingerprint density at radius 2 is 0.853 bits per heavy atom. The van der Waals surface area contributed by atoms with Crippen molar-refractivity contribution < 1.29 is 86.0 Å². The molecule has 8 N–H and O–H groups in total. The van der Waals surface area contributed by atoms with E-state index < -0.39 is 18.3 Å². The fraction of sp³-hybridized carbons (Fsp3) is 0.386. The molecule has 11 heterocycles. The highest BCUT2D eigenvalue weighted by atomic mass is 35.5. The molecular formula is C114H128Cl4N14O18. The summed E-state index contributed by atoms with van der Waals surface area (Å²) in [5.74, 6) is 9.12. The number of hydrogen-bond acceptors (Lipinski definition) is 22. The number of amides is 6. The van der Waals surface area contributed by atoms with E-state index in [-0.39, 0.29) is 81.1 Å². The number of fused-ring (bicyclic) bond motifs is 12. The van der Waals surface area contributed by atoms with Crippen LogP contribution in [0.1, 0.15) is 131 Å². The number of carbonyl (C=O) groups is 6. The lowest BCUT2D eigenvalue weighted by atomic mass is 9.92. The molecule has 6 amide bonds. The van der Waals surface area contributed by atoms with E-state index in [2.05, 4.69) is 58.8 Å². The van der Waals surface area contributed by atoms with Gasteiger partial charge in [-0.05, 0) is 269 Å². The van der Waals surface area contributed by atoms with Crippen molar-refractivity contribution in [2.75, 3.05) is 186 Å². The Balaban J connectivity index is 0.000000136. The van der Waals surface area contributed by atoms with E-state index in [1.165, 1.54) is 24.9 Å². The minimum Gasteiger partial charge on any atom is -0.497 e.